The molecule has 0 radical (unpaired) electrons. The van der Waals surface area contributed by atoms with E-state index < -0.39 is 6.10 Å². The van der Waals surface area contributed by atoms with E-state index in [2.05, 4.69) is 36.7 Å². The average molecular weight is 250 g/mol. The molecule has 0 unspecified atom stereocenters. The van der Waals surface area contributed by atoms with Gasteiger partial charge in [0.05, 0.1) is 6.10 Å². The quantitative estimate of drug-likeness (QED) is 0.805. The molecule has 1 rings (SSSR count). The zero-order valence-corrected chi connectivity index (χ0v) is 12.1. The van der Waals surface area contributed by atoms with Crippen LogP contribution >= 0.6 is 0 Å². The summed E-state index contributed by atoms with van der Waals surface area (Å²) >= 11 is 0. The van der Waals surface area contributed by atoms with E-state index in [1.54, 1.807) is 0 Å². The number of aliphatic hydroxyl groups is 1. The second kappa shape index (κ2) is 7.37. The van der Waals surface area contributed by atoms with Crippen LogP contribution < -0.4 is 4.90 Å². The third-order valence-corrected chi connectivity index (χ3v) is 3.19. The largest absolute Gasteiger partial charge is 0.388 e. The Morgan fingerprint density at radius 2 is 1.83 bits per heavy atom. The van der Waals surface area contributed by atoms with E-state index in [1.807, 2.05) is 13.1 Å². The highest BCUT2D eigenvalue weighted by Crippen LogP contribution is 2.23. The van der Waals surface area contributed by atoms with Crippen LogP contribution in [0.4, 0.5) is 5.82 Å². The van der Waals surface area contributed by atoms with Gasteiger partial charge in [0.15, 0.2) is 0 Å². The summed E-state index contributed by atoms with van der Waals surface area (Å²) in [6.07, 6.45) is 4.42. The molecule has 0 spiro atoms. The third-order valence-electron chi connectivity index (χ3n) is 3.19. The van der Waals surface area contributed by atoms with Crippen molar-refractivity contribution < 1.29 is 5.11 Å². The van der Waals surface area contributed by atoms with Crippen molar-refractivity contribution >= 4 is 5.82 Å². The van der Waals surface area contributed by atoms with Gasteiger partial charge in [0, 0.05) is 24.8 Å². The molecule has 0 aromatic carbocycles. The fourth-order valence-electron chi connectivity index (χ4n) is 2.17. The Morgan fingerprint density at radius 3 is 2.28 bits per heavy atom. The van der Waals surface area contributed by atoms with E-state index in [4.69, 9.17) is 0 Å². The summed E-state index contributed by atoms with van der Waals surface area (Å²) in [7, 11) is 0. The smallest absolute Gasteiger partial charge is 0.128 e. The highest BCUT2D eigenvalue weighted by molar-refractivity contribution is 5.43. The minimum atomic E-state index is -0.391. The van der Waals surface area contributed by atoms with Gasteiger partial charge in [-0.25, -0.2) is 4.98 Å². The van der Waals surface area contributed by atoms with E-state index in [-0.39, 0.29) is 0 Å². The van der Waals surface area contributed by atoms with Gasteiger partial charge in [-0.05, 0) is 37.8 Å². The summed E-state index contributed by atoms with van der Waals surface area (Å²) in [6.45, 7) is 10.5. The predicted octanol–water partition coefficient (Wildman–Crippen LogP) is 3.46. The first-order valence-corrected chi connectivity index (χ1v) is 7.03. The number of pyridine rings is 1. The van der Waals surface area contributed by atoms with Gasteiger partial charge in [-0.1, -0.05) is 20.8 Å². The Bertz CT molecular complexity index is 360. The van der Waals surface area contributed by atoms with Crippen molar-refractivity contribution in [3.8, 4) is 0 Å². The molecule has 102 valence electrons. The Morgan fingerprint density at radius 1 is 1.22 bits per heavy atom. The maximum absolute atomic E-state index is 9.89. The normalized spacial score (nSPS) is 12.5. The minimum Gasteiger partial charge on any atom is -0.388 e. The topological polar surface area (TPSA) is 36.4 Å². The first-order valence-electron chi connectivity index (χ1n) is 7.03. The SMILES string of the molecule is CCCN(CCC)c1cc(C)c([C@@H](O)CC)cn1. The van der Waals surface area contributed by atoms with E-state index in [0.717, 1.165) is 49.3 Å². The summed E-state index contributed by atoms with van der Waals surface area (Å²) in [5, 5.41) is 9.89. The molecule has 3 nitrogen and oxygen atoms in total. The third kappa shape index (κ3) is 3.70. The molecular weight excluding hydrogens is 224 g/mol. The number of rotatable bonds is 7. The fraction of sp³-hybridized carbons (Fsp3) is 0.667. The number of hydrogen-bond donors (Lipinski definition) is 1. The number of aryl methyl sites for hydroxylation is 1. The lowest BCUT2D eigenvalue weighted by Gasteiger charge is -2.24. The zero-order valence-electron chi connectivity index (χ0n) is 12.1. The number of hydrogen-bond acceptors (Lipinski definition) is 3. The Balaban J connectivity index is 2.93. The molecule has 0 aliphatic carbocycles. The van der Waals surface area contributed by atoms with Gasteiger partial charge in [-0.2, -0.15) is 0 Å². The monoisotopic (exact) mass is 250 g/mol. The van der Waals surface area contributed by atoms with Gasteiger partial charge in [0.1, 0.15) is 5.82 Å². The summed E-state index contributed by atoms with van der Waals surface area (Å²) in [6, 6.07) is 2.10. The second-order valence-corrected chi connectivity index (χ2v) is 4.81. The number of anilines is 1. The van der Waals surface area contributed by atoms with Crippen LogP contribution in [0.15, 0.2) is 12.3 Å². The standard InChI is InChI=1S/C15H26N2O/c1-5-8-17(9-6-2)15-10-12(4)13(11-16-15)14(18)7-3/h10-11,14,18H,5-9H2,1-4H3/t14-/m0/s1. The van der Waals surface area contributed by atoms with E-state index >= 15 is 0 Å². The molecule has 0 saturated heterocycles. The first-order chi connectivity index (χ1) is 8.63. The molecule has 1 aromatic heterocycles. The summed E-state index contributed by atoms with van der Waals surface area (Å²) in [5.74, 6) is 1.03. The van der Waals surface area contributed by atoms with Crippen LogP contribution in [0.5, 0.6) is 0 Å². The molecule has 18 heavy (non-hydrogen) atoms. The summed E-state index contributed by atoms with van der Waals surface area (Å²) in [5.41, 5.74) is 2.08. The van der Waals surface area contributed by atoms with Crippen molar-refractivity contribution in [1.82, 2.24) is 4.98 Å². The van der Waals surface area contributed by atoms with Gasteiger partial charge < -0.3 is 10.0 Å². The Kier molecular flexibility index (Phi) is 6.13. The molecule has 1 aromatic rings. The number of aliphatic hydroxyl groups excluding tert-OH is 1. The predicted molar refractivity (Wildman–Crippen MR) is 77.0 cm³/mol. The Hall–Kier alpha value is -1.09. The van der Waals surface area contributed by atoms with E-state index in [1.165, 1.54) is 0 Å². The van der Waals surface area contributed by atoms with Crippen molar-refractivity contribution in [1.29, 1.82) is 0 Å². The molecule has 3 heteroatoms. The molecule has 1 atom stereocenters. The number of nitrogens with zero attached hydrogens (tertiary/aromatic N) is 2. The van der Waals surface area contributed by atoms with E-state index in [9.17, 15) is 5.11 Å². The molecule has 0 saturated carbocycles. The van der Waals surface area contributed by atoms with Crippen LogP contribution in [0.25, 0.3) is 0 Å². The van der Waals surface area contributed by atoms with Gasteiger partial charge in [0.2, 0.25) is 0 Å². The van der Waals surface area contributed by atoms with Crippen molar-refractivity contribution in [3.63, 3.8) is 0 Å². The molecule has 0 fully saturated rings. The number of aromatic nitrogens is 1. The van der Waals surface area contributed by atoms with Crippen LogP contribution in [-0.2, 0) is 0 Å². The highest BCUT2D eigenvalue weighted by atomic mass is 16.3. The lowest BCUT2D eigenvalue weighted by atomic mass is 10.0. The molecule has 0 aliphatic heterocycles. The first kappa shape index (κ1) is 15.0. The van der Waals surface area contributed by atoms with Crippen molar-refractivity contribution in [2.24, 2.45) is 0 Å². The Labute approximate surface area is 111 Å². The molecule has 1 heterocycles. The zero-order chi connectivity index (χ0) is 13.5. The van der Waals surface area contributed by atoms with Crippen LogP contribution in [-0.4, -0.2) is 23.2 Å². The van der Waals surface area contributed by atoms with Crippen LogP contribution in [0.3, 0.4) is 0 Å². The van der Waals surface area contributed by atoms with Crippen molar-refractivity contribution in [3.05, 3.63) is 23.4 Å². The van der Waals surface area contributed by atoms with Gasteiger partial charge in [-0.3, -0.25) is 0 Å². The van der Waals surface area contributed by atoms with Crippen molar-refractivity contribution in [2.45, 2.75) is 53.1 Å². The summed E-state index contributed by atoms with van der Waals surface area (Å²) in [4.78, 5) is 6.83. The molecule has 0 aliphatic rings. The van der Waals surface area contributed by atoms with Crippen LogP contribution in [0.1, 0.15) is 57.3 Å². The maximum Gasteiger partial charge on any atom is 0.128 e. The van der Waals surface area contributed by atoms with Crippen LogP contribution in [0.2, 0.25) is 0 Å². The van der Waals surface area contributed by atoms with Gasteiger partial charge in [0.25, 0.3) is 0 Å². The van der Waals surface area contributed by atoms with Crippen molar-refractivity contribution in [2.75, 3.05) is 18.0 Å². The van der Waals surface area contributed by atoms with Gasteiger partial charge >= 0.3 is 0 Å². The molecule has 0 amide bonds. The maximum atomic E-state index is 9.89. The van der Waals surface area contributed by atoms with E-state index in [0.29, 0.717) is 0 Å². The lowest BCUT2D eigenvalue weighted by Crippen LogP contribution is -2.26. The minimum absolute atomic E-state index is 0.391. The fourth-order valence-corrected chi connectivity index (χ4v) is 2.17. The van der Waals surface area contributed by atoms with Gasteiger partial charge in [-0.15, -0.1) is 0 Å². The summed E-state index contributed by atoms with van der Waals surface area (Å²) < 4.78 is 0. The average Bonchev–Trinajstić information content (AvgIpc) is 2.37. The molecule has 0 bridgehead atoms. The molecular formula is C15H26N2O. The lowest BCUT2D eigenvalue weighted by molar-refractivity contribution is 0.172. The highest BCUT2D eigenvalue weighted by Gasteiger charge is 2.12. The van der Waals surface area contributed by atoms with Crippen LogP contribution in [0, 0.1) is 6.92 Å². The molecule has 1 N–H and O–H groups in total. The second-order valence-electron chi connectivity index (χ2n) is 4.81.